The number of aromatic nitrogens is 1. The van der Waals surface area contributed by atoms with Gasteiger partial charge in [-0.2, -0.15) is 13.2 Å². The fraction of sp³-hybridized carbons (Fsp3) is 0.222. The van der Waals surface area contributed by atoms with Gasteiger partial charge in [0.2, 0.25) is 0 Å². The summed E-state index contributed by atoms with van der Waals surface area (Å²) >= 11 is 0. The van der Waals surface area contributed by atoms with Crippen LogP contribution in [0.2, 0.25) is 0 Å². The molecule has 0 spiro atoms. The third kappa shape index (κ3) is 5.21. The molecule has 182 valence electrons. The zero-order valence-electron chi connectivity index (χ0n) is 19.2. The smallest absolute Gasteiger partial charge is 0.382 e. The molecule has 1 heterocycles. The Bertz CT molecular complexity index is 1350. The Morgan fingerprint density at radius 1 is 0.943 bits per heavy atom. The summed E-state index contributed by atoms with van der Waals surface area (Å²) in [4.78, 5) is 4.53. The molecule has 1 aromatic heterocycles. The number of halogens is 5. The second-order valence-electron chi connectivity index (χ2n) is 8.27. The van der Waals surface area contributed by atoms with Crippen LogP contribution in [0.4, 0.5) is 33.5 Å². The van der Waals surface area contributed by atoms with Gasteiger partial charge in [0.05, 0.1) is 23.0 Å². The van der Waals surface area contributed by atoms with Crippen LogP contribution in [0.5, 0.6) is 0 Å². The molecule has 0 aliphatic rings. The van der Waals surface area contributed by atoms with Crippen LogP contribution in [0.3, 0.4) is 0 Å². The molecule has 4 aromatic rings. The zero-order valence-corrected chi connectivity index (χ0v) is 19.2. The lowest BCUT2D eigenvalue weighted by Gasteiger charge is -2.22. The zero-order chi connectivity index (χ0) is 25.2. The normalized spacial score (nSPS) is 12.5. The second kappa shape index (κ2) is 9.90. The van der Waals surface area contributed by atoms with E-state index < -0.39 is 29.4 Å². The third-order valence-corrected chi connectivity index (χ3v) is 5.71. The summed E-state index contributed by atoms with van der Waals surface area (Å²) in [6.45, 7) is 4.14. The van der Waals surface area contributed by atoms with Crippen molar-refractivity contribution in [2.24, 2.45) is 0 Å². The van der Waals surface area contributed by atoms with Gasteiger partial charge in [0, 0.05) is 29.1 Å². The molecule has 0 aliphatic heterocycles. The molecule has 35 heavy (non-hydrogen) atoms. The SMILES string of the molecule is CCCNc1c(F)cc(F)cc1C(C)Nc1nc(-c2ccccc2C(F)(F)F)cc2ccccc12. The van der Waals surface area contributed by atoms with Crippen molar-refractivity contribution in [1.29, 1.82) is 0 Å². The lowest BCUT2D eigenvalue weighted by atomic mass is 10.0. The van der Waals surface area contributed by atoms with Crippen LogP contribution in [0, 0.1) is 11.6 Å². The standard InChI is InChI=1S/C27H24F5N3/c1-3-12-33-25-21(14-18(28)15-23(25)29)16(2)34-26-19-9-5-4-8-17(19)13-24(35-26)20-10-6-7-11-22(20)27(30,31)32/h4-11,13-16,33H,3,12H2,1-2H3,(H,34,35). The van der Waals surface area contributed by atoms with Crippen LogP contribution in [-0.2, 0) is 6.18 Å². The molecule has 8 heteroatoms. The maximum atomic E-state index is 14.6. The molecular formula is C27H24F5N3. The van der Waals surface area contributed by atoms with Gasteiger partial charge in [0.25, 0.3) is 0 Å². The number of benzene rings is 3. The average Bonchev–Trinajstić information content (AvgIpc) is 2.82. The van der Waals surface area contributed by atoms with Crippen molar-refractivity contribution in [2.75, 3.05) is 17.2 Å². The van der Waals surface area contributed by atoms with Gasteiger partial charge >= 0.3 is 6.18 Å². The molecule has 0 bridgehead atoms. The van der Waals surface area contributed by atoms with E-state index in [1.165, 1.54) is 24.3 Å². The molecule has 3 nitrogen and oxygen atoms in total. The first-order valence-electron chi connectivity index (χ1n) is 11.2. The summed E-state index contributed by atoms with van der Waals surface area (Å²) in [6, 6.07) is 15.4. The monoisotopic (exact) mass is 485 g/mol. The summed E-state index contributed by atoms with van der Waals surface area (Å²) < 4.78 is 69.7. The molecule has 0 amide bonds. The van der Waals surface area contributed by atoms with Crippen molar-refractivity contribution in [3.05, 3.63) is 89.5 Å². The third-order valence-electron chi connectivity index (χ3n) is 5.71. The number of fused-ring (bicyclic) bond motifs is 1. The number of pyridine rings is 1. The minimum atomic E-state index is -4.55. The van der Waals surface area contributed by atoms with E-state index in [1.807, 2.05) is 6.92 Å². The molecule has 4 rings (SSSR count). The van der Waals surface area contributed by atoms with Gasteiger partial charge in [0.15, 0.2) is 0 Å². The minimum absolute atomic E-state index is 0.0523. The summed E-state index contributed by atoms with van der Waals surface area (Å²) in [5.41, 5.74) is -0.177. The van der Waals surface area contributed by atoms with E-state index in [9.17, 15) is 22.0 Å². The van der Waals surface area contributed by atoms with Crippen LogP contribution in [-0.4, -0.2) is 11.5 Å². The number of hydrogen-bond acceptors (Lipinski definition) is 3. The first-order chi connectivity index (χ1) is 16.7. The molecular weight excluding hydrogens is 461 g/mol. The first kappa shape index (κ1) is 24.4. The van der Waals surface area contributed by atoms with Crippen molar-refractivity contribution in [3.8, 4) is 11.3 Å². The van der Waals surface area contributed by atoms with E-state index in [0.717, 1.165) is 18.6 Å². The Morgan fingerprint density at radius 3 is 2.40 bits per heavy atom. The Balaban J connectivity index is 1.82. The van der Waals surface area contributed by atoms with E-state index in [1.54, 1.807) is 37.3 Å². The van der Waals surface area contributed by atoms with E-state index in [-0.39, 0.29) is 16.9 Å². The molecule has 2 N–H and O–H groups in total. The fourth-order valence-electron chi connectivity index (χ4n) is 4.05. The molecule has 0 aliphatic carbocycles. The number of alkyl halides is 3. The van der Waals surface area contributed by atoms with Gasteiger partial charge in [-0.3, -0.25) is 0 Å². The predicted octanol–water partition coefficient (Wildman–Crippen LogP) is 8.19. The second-order valence-corrected chi connectivity index (χ2v) is 8.27. The fourth-order valence-corrected chi connectivity index (χ4v) is 4.05. The Hall–Kier alpha value is -3.68. The Morgan fingerprint density at radius 2 is 1.66 bits per heavy atom. The van der Waals surface area contributed by atoms with Crippen LogP contribution in [0.15, 0.2) is 66.7 Å². The van der Waals surface area contributed by atoms with Crippen LogP contribution < -0.4 is 10.6 Å². The van der Waals surface area contributed by atoms with Gasteiger partial charge in [0.1, 0.15) is 17.5 Å². The lowest BCUT2D eigenvalue weighted by Crippen LogP contribution is -2.14. The largest absolute Gasteiger partial charge is 0.417 e. The molecule has 1 unspecified atom stereocenters. The van der Waals surface area contributed by atoms with Gasteiger partial charge < -0.3 is 10.6 Å². The van der Waals surface area contributed by atoms with Gasteiger partial charge in [-0.1, -0.05) is 49.4 Å². The quantitative estimate of drug-likeness (QED) is 0.259. The molecule has 0 saturated carbocycles. The van der Waals surface area contributed by atoms with Gasteiger partial charge in [-0.25, -0.2) is 13.8 Å². The minimum Gasteiger partial charge on any atom is -0.382 e. The highest BCUT2D eigenvalue weighted by atomic mass is 19.4. The maximum Gasteiger partial charge on any atom is 0.417 e. The molecule has 0 saturated heterocycles. The van der Waals surface area contributed by atoms with Crippen LogP contribution in [0.1, 0.15) is 37.4 Å². The van der Waals surface area contributed by atoms with E-state index >= 15 is 0 Å². The first-order valence-corrected chi connectivity index (χ1v) is 11.2. The van der Waals surface area contributed by atoms with E-state index in [4.69, 9.17) is 0 Å². The van der Waals surface area contributed by atoms with Crippen molar-refractivity contribution < 1.29 is 22.0 Å². The van der Waals surface area contributed by atoms with Crippen molar-refractivity contribution in [2.45, 2.75) is 32.5 Å². The highest BCUT2D eigenvalue weighted by molar-refractivity contribution is 5.95. The molecule has 1 atom stereocenters. The highest BCUT2D eigenvalue weighted by Crippen LogP contribution is 2.39. The van der Waals surface area contributed by atoms with Crippen molar-refractivity contribution >= 4 is 22.3 Å². The van der Waals surface area contributed by atoms with Crippen LogP contribution >= 0.6 is 0 Å². The number of nitrogens with zero attached hydrogens (tertiary/aromatic N) is 1. The van der Waals surface area contributed by atoms with Gasteiger partial charge in [-0.15, -0.1) is 0 Å². The number of hydrogen-bond donors (Lipinski definition) is 2. The Kier molecular flexibility index (Phi) is 6.91. The van der Waals surface area contributed by atoms with E-state index in [2.05, 4.69) is 15.6 Å². The maximum absolute atomic E-state index is 14.6. The highest BCUT2D eigenvalue weighted by Gasteiger charge is 2.33. The summed E-state index contributed by atoms with van der Waals surface area (Å²) in [5.74, 6) is -1.12. The van der Waals surface area contributed by atoms with Crippen LogP contribution in [0.25, 0.3) is 22.0 Å². The molecule has 3 aromatic carbocycles. The van der Waals surface area contributed by atoms with Gasteiger partial charge in [-0.05, 0) is 36.9 Å². The van der Waals surface area contributed by atoms with Crippen molar-refractivity contribution in [3.63, 3.8) is 0 Å². The average molecular weight is 486 g/mol. The summed E-state index contributed by atoms with van der Waals surface area (Å²) in [6.07, 6.45) is -3.81. The topological polar surface area (TPSA) is 37.0 Å². The number of nitrogens with one attached hydrogen (secondary N) is 2. The predicted molar refractivity (Wildman–Crippen MR) is 129 cm³/mol. The number of anilines is 2. The summed E-state index contributed by atoms with van der Waals surface area (Å²) in [5, 5.41) is 7.52. The number of rotatable bonds is 7. The Labute approximate surface area is 200 Å². The summed E-state index contributed by atoms with van der Waals surface area (Å²) in [7, 11) is 0. The van der Waals surface area contributed by atoms with Crippen molar-refractivity contribution in [1.82, 2.24) is 4.98 Å². The van der Waals surface area contributed by atoms with E-state index in [0.29, 0.717) is 28.7 Å². The molecule has 0 fully saturated rings. The molecule has 0 radical (unpaired) electrons. The lowest BCUT2D eigenvalue weighted by molar-refractivity contribution is -0.137.